The van der Waals surface area contributed by atoms with E-state index in [1.807, 2.05) is 0 Å². The molecule has 0 aromatic heterocycles. The van der Waals surface area contributed by atoms with E-state index in [0.717, 1.165) is 4.90 Å². The van der Waals surface area contributed by atoms with Gasteiger partial charge in [0.2, 0.25) is 5.91 Å². The Labute approximate surface area is 116 Å². The van der Waals surface area contributed by atoms with Crippen molar-refractivity contribution < 1.29 is 14.4 Å². The topological polar surface area (TPSA) is 66.5 Å². The van der Waals surface area contributed by atoms with Gasteiger partial charge in [0.05, 0.1) is 11.1 Å². The Bertz CT molecular complexity index is 495. The third-order valence-corrected chi connectivity index (χ3v) is 3.10. The maximum Gasteiger partial charge on any atom is 0.261 e. The molecule has 0 aliphatic carbocycles. The Morgan fingerprint density at radius 1 is 1.16 bits per heavy atom. The fourth-order valence-electron chi connectivity index (χ4n) is 1.94. The van der Waals surface area contributed by atoms with Crippen LogP contribution in [0, 0.1) is 0 Å². The highest BCUT2D eigenvalue weighted by Gasteiger charge is 2.34. The van der Waals surface area contributed by atoms with E-state index in [1.54, 1.807) is 24.3 Å². The van der Waals surface area contributed by atoms with E-state index in [9.17, 15) is 14.4 Å². The van der Waals surface area contributed by atoms with Gasteiger partial charge in [0.1, 0.15) is 0 Å². The molecule has 0 spiro atoms. The van der Waals surface area contributed by atoms with Gasteiger partial charge in [0, 0.05) is 25.3 Å². The lowest BCUT2D eigenvalue weighted by atomic mass is 10.1. The summed E-state index contributed by atoms with van der Waals surface area (Å²) >= 11 is 3.98. The molecule has 0 saturated carbocycles. The summed E-state index contributed by atoms with van der Waals surface area (Å²) < 4.78 is 0. The van der Waals surface area contributed by atoms with Gasteiger partial charge in [-0.15, -0.1) is 0 Å². The van der Waals surface area contributed by atoms with Gasteiger partial charge in [0.15, 0.2) is 0 Å². The summed E-state index contributed by atoms with van der Waals surface area (Å²) in [6.45, 7) is 0.578. The quantitative estimate of drug-likeness (QED) is 0.616. The Hall–Kier alpha value is -1.82. The first kappa shape index (κ1) is 13.6. The fraction of sp³-hybridized carbons (Fsp3) is 0.308. The van der Waals surface area contributed by atoms with Crippen LogP contribution < -0.4 is 5.32 Å². The predicted molar refractivity (Wildman–Crippen MR) is 73.3 cm³/mol. The van der Waals surface area contributed by atoms with E-state index in [1.165, 1.54) is 0 Å². The van der Waals surface area contributed by atoms with E-state index in [4.69, 9.17) is 0 Å². The Morgan fingerprint density at radius 2 is 1.74 bits per heavy atom. The van der Waals surface area contributed by atoms with Crippen molar-refractivity contribution in [3.05, 3.63) is 35.4 Å². The molecule has 6 heteroatoms. The number of nitrogens with zero attached hydrogens (tertiary/aromatic N) is 1. The molecule has 0 unspecified atom stereocenters. The number of hydrogen-bond acceptors (Lipinski definition) is 4. The van der Waals surface area contributed by atoms with Crippen molar-refractivity contribution in [3.63, 3.8) is 0 Å². The third kappa shape index (κ3) is 2.78. The van der Waals surface area contributed by atoms with Crippen LogP contribution in [-0.2, 0) is 4.79 Å². The molecule has 0 fully saturated rings. The van der Waals surface area contributed by atoms with E-state index >= 15 is 0 Å². The zero-order valence-electron chi connectivity index (χ0n) is 10.3. The average Bonchev–Trinajstić information content (AvgIpc) is 2.67. The minimum Gasteiger partial charge on any atom is -0.355 e. The van der Waals surface area contributed by atoms with Crippen molar-refractivity contribution in [2.75, 3.05) is 18.8 Å². The average molecular weight is 278 g/mol. The molecule has 1 aromatic carbocycles. The summed E-state index contributed by atoms with van der Waals surface area (Å²) in [5.41, 5.74) is 0.812. The SMILES string of the molecule is O=C(CCN1C(=O)c2ccccc2C1=O)NCCS. The molecule has 0 bridgehead atoms. The second-order valence-corrected chi connectivity index (χ2v) is 4.58. The molecule has 100 valence electrons. The van der Waals surface area contributed by atoms with Crippen molar-refractivity contribution in [1.82, 2.24) is 10.2 Å². The number of benzene rings is 1. The van der Waals surface area contributed by atoms with Crippen molar-refractivity contribution in [2.24, 2.45) is 0 Å². The summed E-state index contributed by atoms with van der Waals surface area (Å²) in [6.07, 6.45) is 0.110. The first-order valence-corrected chi connectivity index (χ1v) is 6.61. The molecule has 1 aromatic rings. The lowest BCUT2D eigenvalue weighted by Gasteiger charge is -2.13. The third-order valence-electron chi connectivity index (χ3n) is 2.87. The standard InChI is InChI=1S/C13H14N2O3S/c16-11(14-6-8-19)5-7-15-12(17)9-3-1-2-4-10(9)13(15)18/h1-4,19H,5-8H2,(H,14,16). The van der Waals surface area contributed by atoms with Gasteiger partial charge in [0.25, 0.3) is 11.8 Å². The number of thiol groups is 1. The van der Waals surface area contributed by atoms with E-state index in [2.05, 4.69) is 17.9 Å². The van der Waals surface area contributed by atoms with Gasteiger partial charge >= 0.3 is 0 Å². The van der Waals surface area contributed by atoms with Crippen molar-refractivity contribution in [2.45, 2.75) is 6.42 Å². The van der Waals surface area contributed by atoms with Crippen molar-refractivity contribution >= 4 is 30.4 Å². The minimum absolute atomic E-state index is 0.102. The molecule has 19 heavy (non-hydrogen) atoms. The lowest BCUT2D eigenvalue weighted by Crippen LogP contribution is -2.35. The minimum atomic E-state index is -0.331. The molecular formula is C13H14N2O3S. The van der Waals surface area contributed by atoms with Crippen LogP contribution in [0.25, 0.3) is 0 Å². The van der Waals surface area contributed by atoms with Crippen LogP contribution in [-0.4, -0.2) is 41.5 Å². The number of amides is 3. The van der Waals surface area contributed by atoms with Crippen molar-refractivity contribution in [3.8, 4) is 0 Å². The molecule has 2 rings (SSSR count). The van der Waals surface area contributed by atoms with Crippen molar-refractivity contribution in [1.29, 1.82) is 0 Å². The molecule has 0 saturated heterocycles. The van der Waals surface area contributed by atoms with Gasteiger partial charge in [-0.2, -0.15) is 12.6 Å². The first-order valence-electron chi connectivity index (χ1n) is 5.98. The fourth-order valence-corrected chi connectivity index (χ4v) is 2.05. The van der Waals surface area contributed by atoms with Gasteiger partial charge in [-0.3, -0.25) is 19.3 Å². The maximum absolute atomic E-state index is 12.0. The molecule has 0 atom stereocenters. The van der Waals surface area contributed by atoms with E-state index in [0.29, 0.717) is 23.4 Å². The molecule has 1 N–H and O–H groups in total. The lowest BCUT2D eigenvalue weighted by molar-refractivity contribution is -0.121. The molecule has 1 heterocycles. The second kappa shape index (κ2) is 5.88. The van der Waals surface area contributed by atoms with Gasteiger partial charge in [-0.25, -0.2) is 0 Å². The summed E-state index contributed by atoms with van der Waals surface area (Å²) in [7, 11) is 0. The summed E-state index contributed by atoms with van der Waals surface area (Å²) in [6, 6.07) is 6.67. The Balaban J connectivity index is 1.99. The van der Waals surface area contributed by atoms with Crippen LogP contribution in [0.3, 0.4) is 0 Å². The van der Waals surface area contributed by atoms with Gasteiger partial charge in [-0.05, 0) is 12.1 Å². The molecular weight excluding hydrogens is 264 g/mol. The Kier molecular flexibility index (Phi) is 4.21. The van der Waals surface area contributed by atoms with Crippen LogP contribution in [0.4, 0.5) is 0 Å². The molecule has 1 aliphatic rings. The monoisotopic (exact) mass is 278 g/mol. The van der Waals surface area contributed by atoms with Crippen LogP contribution >= 0.6 is 12.6 Å². The highest BCUT2D eigenvalue weighted by molar-refractivity contribution is 7.80. The number of fused-ring (bicyclic) bond motifs is 1. The number of imide groups is 1. The number of nitrogens with one attached hydrogen (secondary N) is 1. The van der Waals surface area contributed by atoms with Gasteiger partial charge in [-0.1, -0.05) is 12.1 Å². The normalized spacial score (nSPS) is 13.6. The van der Waals surface area contributed by atoms with Gasteiger partial charge < -0.3 is 5.32 Å². The van der Waals surface area contributed by atoms with Crippen LogP contribution in [0.5, 0.6) is 0 Å². The molecule has 1 aliphatic heterocycles. The van der Waals surface area contributed by atoms with Crippen LogP contribution in [0.1, 0.15) is 27.1 Å². The highest BCUT2D eigenvalue weighted by Crippen LogP contribution is 2.22. The zero-order chi connectivity index (χ0) is 13.8. The summed E-state index contributed by atoms with van der Waals surface area (Å²) in [5, 5.41) is 2.64. The second-order valence-electron chi connectivity index (χ2n) is 4.13. The van der Waals surface area contributed by atoms with Crippen LogP contribution in [0.15, 0.2) is 24.3 Å². The smallest absolute Gasteiger partial charge is 0.261 e. The Morgan fingerprint density at radius 3 is 2.26 bits per heavy atom. The zero-order valence-corrected chi connectivity index (χ0v) is 11.2. The summed E-state index contributed by atoms with van der Waals surface area (Å²) in [5.74, 6) is -0.297. The predicted octanol–water partition coefficient (Wildman–Crippen LogP) is 0.719. The molecule has 3 amide bonds. The summed E-state index contributed by atoms with van der Waals surface area (Å²) in [4.78, 5) is 36.6. The number of hydrogen-bond donors (Lipinski definition) is 2. The number of carbonyl (C=O) groups is 3. The number of rotatable bonds is 5. The van der Waals surface area contributed by atoms with E-state index in [-0.39, 0.29) is 30.7 Å². The van der Waals surface area contributed by atoms with Crippen LogP contribution in [0.2, 0.25) is 0 Å². The molecule has 0 radical (unpaired) electrons. The molecule has 5 nitrogen and oxygen atoms in total. The number of carbonyl (C=O) groups excluding carboxylic acids is 3. The maximum atomic E-state index is 12.0. The van der Waals surface area contributed by atoms with E-state index < -0.39 is 0 Å². The first-order chi connectivity index (χ1) is 9.15. The largest absolute Gasteiger partial charge is 0.355 e. The highest BCUT2D eigenvalue weighted by atomic mass is 32.1.